The van der Waals surface area contributed by atoms with Crippen LogP contribution in [-0.4, -0.2) is 25.1 Å². The average Bonchev–Trinajstić information content (AvgIpc) is 2.54. The highest BCUT2D eigenvalue weighted by Gasteiger charge is 2.13. The summed E-state index contributed by atoms with van der Waals surface area (Å²) in [6, 6.07) is 12.0. The topological polar surface area (TPSA) is 64.6 Å². The van der Waals surface area contributed by atoms with E-state index in [1.807, 2.05) is 25.1 Å². The number of rotatable bonds is 6. The van der Waals surface area contributed by atoms with E-state index in [2.05, 4.69) is 5.32 Å². The van der Waals surface area contributed by atoms with Crippen LogP contribution in [0.5, 0.6) is 5.75 Å². The van der Waals surface area contributed by atoms with Gasteiger partial charge in [-0.25, -0.2) is 4.79 Å². The molecule has 0 aliphatic rings. The second kappa shape index (κ2) is 8.36. The van der Waals surface area contributed by atoms with Crippen LogP contribution in [0, 0.1) is 6.92 Å². The van der Waals surface area contributed by atoms with Gasteiger partial charge in [0.05, 0.1) is 17.2 Å². The number of carbonyl (C=O) groups is 2. The lowest BCUT2D eigenvalue weighted by atomic mass is 10.2. The molecule has 0 saturated carbocycles. The molecule has 0 aliphatic heterocycles. The molecule has 1 amide bonds. The van der Waals surface area contributed by atoms with Crippen LogP contribution in [0.15, 0.2) is 42.5 Å². The van der Waals surface area contributed by atoms with Crippen LogP contribution in [0.25, 0.3) is 0 Å². The average molecular weight is 348 g/mol. The first kappa shape index (κ1) is 17.8. The minimum absolute atomic E-state index is 0.123. The molecule has 0 aromatic heterocycles. The van der Waals surface area contributed by atoms with E-state index >= 15 is 0 Å². The van der Waals surface area contributed by atoms with E-state index in [0.717, 1.165) is 5.56 Å². The standard InChI is InChI=1S/C18H18ClNO4/c1-3-23-18(22)14-9-8-13(10-15(14)19)20-17(21)11-24-16-7-5-4-6-12(16)2/h4-10H,3,11H2,1-2H3,(H,20,21). The third-order valence-corrected chi connectivity index (χ3v) is 3.51. The summed E-state index contributed by atoms with van der Waals surface area (Å²) < 4.78 is 10.4. The predicted molar refractivity (Wildman–Crippen MR) is 92.7 cm³/mol. The first-order chi connectivity index (χ1) is 11.5. The van der Waals surface area contributed by atoms with Crippen molar-refractivity contribution in [2.45, 2.75) is 13.8 Å². The predicted octanol–water partition coefficient (Wildman–Crippen LogP) is 3.84. The number of carbonyl (C=O) groups excluding carboxylic acids is 2. The molecule has 0 bridgehead atoms. The molecule has 0 aliphatic carbocycles. The number of hydrogen-bond donors (Lipinski definition) is 1. The van der Waals surface area contributed by atoms with Crippen LogP contribution in [0.4, 0.5) is 5.69 Å². The van der Waals surface area contributed by atoms with Gasteiger partial charge in [0.15, 0.2) is 6.61 Å². The second-order valence-electron chi connectivity index (χ2n) is 5.02. The first-order valence-corrected chi connectivity index (χ1v) is 7.84. The zero-order valence-corrected chi connectivity index (χ0v) is 14.2. The van der Waals surface area contributed by atoms with Crippen LogP contribution in [0.2, 0.25) is 5.02 Å². The van der Waals surface area contributed by atoms with Crippen molar-refractivity contribution in [1.29, 1.82) is 0 Å². The van der Waals surface area contributed by atoms with Crippen molar-refractivity contribution in [1.82, 2.24) is 0 Å². The van der Waals surface area contributed by atoms with Gasteiger partial charge in [0.25, 0.3) is 5.91 Å². The Morgan fingerprint density at radius 3 is 2.58 bits per heavy atom. The molecule has 0 heterocycles. The van der Waals surface area contributed by atoms with E-state index in [1.165, 1.54) is 12.1 Å². The number of esters is 1. The minimum atomic E-state index is -0.497. The van der Waals surface area contributed by atoms with E-state index in [0.29, 0.717) is 11.4 Å². The SMILES string of the molecule is CCOC(=O)c1ccc(NC(=O)COc2ccccc2C)cc1Cl. The summed E-state index contributed by atoms with van der Waals surface area (Å²) in [7, 11) is 0. The maximum atomic E-state index is 12.0. The van der Waals surface area contributed by atoms with Gasteiger partial charge in [-0.15, -0.1) is 0 Å². The Balaban J connectivity index is 1.96. The summed E-state index contributed by atoms with van der Waals surface area (Å²) in [5, 5.41) is 2.88. The van der Waals surface area contributed by atoms with E-state index in [4.69, 9.17) is 21.1 Å². The monoisotopic (exact) mass is 347 g/mol. The van der Waals surface area contributed by atoms with Crippen molar-refractivity contribution in [3.05, 3.63) is 58.6 Å². The van der Waals surface area contributed by atoms with Crippen molar-refractivity contribution in [2.75, 3.05) is 18.5 Å². The Bertz CT molecular complexity index is 746. The normalized spacial score (nSPS) is 10.1. The molecule has 2 aromatic rings. The van der Waals surface area contributed by atoms with E-state index in [9.17, 15) is 9.59 Å². The van der Waals surface area contributed by atoms with E-state index in [1.54, 1.807) is 19.1 Å². The van der Waals surface area contributed by atoms with Crippen LogP contribution >= 0.6 is 11.6 Å². The summed E-state index contributed by atoms with van der Waals surface area (Å²) in [5.41, 5.74) is 1.69. The third-order valence-electron chi connectivity index (χ3n) is 3.20. The number of hydrogen-bond acceptors (Lipinski definition) is 4. The summed E-state index contributed by atoms with van der Waals surface area (Å²) in [6.07, 6.45) is 0. The molecule has 2 aromatic carbocycles. The summed E-state index contributed by atoms with van der Waals surface area (Å²) in [4.78, 5) is 23.6. The Morgan fingerprint density at radius 1 is 1.17 bits per heavy atom. The number of para-hydroxylation sites is 1. The van der Waals surface area contributed by atoms with Gasteiger partial charge in [0, 0.05) is 5.69 Å². The molecule has 0 saturated heterocycles. The molecule has 5 nitrogen and oxygen atoms in total. The molecule has 126 valence electrons. The van der Waals surface area contributed by atoms with Crippen molar-refractivity contribution in [3.63, 3.8) is 0 Å². The maximum absolute atomic E-state index is 12.0. The number of anilines is 1. The van der Waals surface area contributed by atoms with Crippen LogP contribution < -0.4 is 10.1 Å². The van der Waals surface area contributed by atoms with Crippen LogP contribution in [0.3, 0.4) is 0 Å². The Hall–Kier alpha value is -2.53. The fourth-order valence-electron chi connectivity index (χ4n) is 2.03. The van der Waals surface area contributed by atoms with Gasteiger partial charge >= 0.3 is 5.97 Å². The highest BCUT2D eigenvalue weighted by molar-refractivity contribution is 6.34. The van der Waals surface area contributed by atoms with Crippen LogP contribution in [0.1, 0.15) is 22.8 Å². The molecule has 0 atom stereocenters. The molecule has 0 unspecified atom stereocenters. The van der Waals surface area contributed by atoms with Gasteiger partial charge in [-0.3, -0.25) is 4.79 Å². The zero-order chi connectivity index (χ0) is 17.5. The number of nitrogens with one attached hydrogen (secondary N) is 1. The Morgan fingerprint density at radius 2 is 1.92 bits per heavy atom. The van der Waals surface area contributed by atoms with Gasteiger partial charge in [0.1, 0.15) is 5.75 Å². The maximum Gasteiger partial charge on any atom is 0.339 e. The number of aryl methyl sites for hydroxylation is 1. The molecular formula is C18H18ClNO4. The highest BCUT2D eigenvalue weighted by atomic mass is 35.5. The quantitative estimate of drug-likeness (QED) is 0.806. The van der Waals surface area contributed by atoms with Gasteiger partial charge in [-0.05, 0) is 43.7 Å². The van der Waals surface area contributed by atoms with Crippen molar-refractivity contribution >= 4 is 29.2 Å². The molecular weight excluding hydrogens is 330 g/mol. The van der Waals surface area contributed by atoms with Gasteiger partial charge < -0.3 is 14.8 Å². The second-order valence-corrected chi connectivity index (χ2v) is 5.42. The Kier molecular flexibility index (Phi) is 6.21. The molecule has 24 heavy (non-hydrogen) atoms. The number of ether oxygens (including phenoxy) is 2. The third kappa shape index (κ3) is 4.73. The van der Waals surface area contributed by atoms with E-state index < -0.39 is 5.97 Å². The number of amides is 1. The lowest BCUT2D eigenvalue weighted by Gasteiger charge is -2.10. The van der Waals surface area contributed by atoms with E-state index in [-0.39, 0.29) is 29.7 Å². The lowest BCUT2D eigenvalue weighted by molar-refractivity contribution is -0.118. The fraction of sp³-hybridized carbons (Fsp3) is 0.222. The molecule has 6 heteroatoms. The molecule has 0 fully saturated rings. The van der Waals surface area contributed by atoms with Gasteiger partial charge in [0.2, 0.25) is 0 Å². The van der Waals surface area contributed by atoms with Crippen LogP contribution in [-0.2, 0) is 9.53 Å². The smallest absolute Gasteiger partial charge is 0.339 e. The first-order valence-electron chi connectivity index (χ1n) is 7.46. The molecule has 0 spiro atoms. The summed E-state index contributed by atoms with van der Waals surface area (Å²) in [6.45, 7) is 3.77. The summed E-state index contributed by atoms with van der Waals surface area (Å²) in [5.74, 6) is -0.162. The number of halogens is 1. The zero-order valence-electron chi connectivity index (χ0n) is 13.5. The highest BCUT2D eigenvalue weighted by Crippen LogP contribution is 2.22. The minimum Gasteiger partial charge on any atom is -0.483 e. The Labute approximate surface area is 145 Å². The molecule has 0 radical (unpaired) electrons. The van der Waals surface area contributed by atoms with Crippen molar-refractivity contribution < 1.29 is 19.1 Å². The molecule has 1 N–H and O–H groups in total. The van der Waals surface area contributed by atoms with Crippen molar-refractivity contribution in [2.24, 2.45) is 0 Å². The fourth-order valence-corrected chi connectivity index (χ4v) is 2.28. The number of benzene rings is 2. The van der Waals surface area contributed by atoms with Crippen molar-refractivity contribution in [3.8, 4) is 5.75 Å². The lowest BCUT2D eigenvalue weighted by Crippen LogP contribution is -2.20. The molecule has 2 rings (SSSR count). The van der Waals surface area contributed by atoms with Gasteiger partial charge in [-0.2, -0.15) is 0 Å². The summed E-state index contributed by atoms with van der Waals surface area (Å²) >= 11 is 6.05. The van der Waals surface area contributed by atoms with Gasteiger partial charge in [-0.1, -0.05) is 29.8 Å². The largest absolute Gasteiger partial charge is 0.483 e.